The summed E-state index contributed by atoms with van der Waals surface area (Å²) in [6, 6.07) is 10.5. The van der Waals surface area contributed by atoms with Crippen molar-refractivity contribution in [1.82, 2.24) is 15.5 Å². The van der Waals surface area contributed by atoms with Crippen molar-refractivity contribution in [3.8, 4) is 0 Å². The van der Waals surface area contributed by atoms with Gasteiger partial charge in [-0.1, -0.05) is 30.3 Å². The van der Waals surface area contributed by atoms with Gasteiger partial charge in [0.1, 0.15) is 0 Å². The number of benzene rings is 1. The lowest BCUT2D eigenvalue weighted by Crippen LogP contribution is -2.45. The highest BCUT2D eigenvalue weighted by atomic mass is 127. The average Bonchev–Trinajstić information content (AvgIpc) is 3.23. The molecule has 0 amide bonds. The molecule has 0 aromatic heterocycles. The molecule has 1 aliphatic carbocycles. The van der Waals surface area contributed by atoms with E-state index in [0.717, 1.165) is 25.5 Å². The fraction of sp³-hybridized carbons (Fsp3) is 0.650. The molecule has 2 aliphatic rings. The summed E-state index contributed by atoms with van der Waals surface area (Å²) < 4.78 is 37.7. The summed E-state index contributed by atoms with van der Waals surface area (Å²) in [5.41, 5.74) is 1.57. The molecular weight excluding hydrogens is 480 g/mol. The number of nitrogens with one attached hydrogen (secondary N) is 2. The second-order valence-electron chi connectivity index (χ2n) is 7.84. The molecule has 1 aliphatic heterocycles. The highest BCUT2D eigenvalue weighted by molar-refractivity contribution is 14.0. The molecule has 1 atom stereocenters. The maximum Gasteiger partial charge on any atom is 0.401 e. The number of rotatable bonds is 7. The molecule has 1 saturated carbocycles. The molecule has 0 spiro atoms. The Kier molecular flexibility index (Phi) is 8.42. The highest BCUT2D eigenvalue weighted by Crippen LogP contribution is 2.48. The van der Waals surface area contributed by atoms with Crippen LogP contribution < -0.4 is 10.6 Å². The first-order valence-electron chi connectivity index (χ1n) is 9.75. The normalized spacial score (nSPS) is 21.9. The van der Waals surface area contributed by atoms with Gasteiger partial charge in [-0.15, -0.1) is 24.0 Å². The lowest BCUT2D eigenvalue weighted by atomic mass is 9.97. The van der Waals surface area contributed by atoms with Crippen molar-refractivity contribution in [3.05, 3.63) is 35.9 Å². The Bertz CT molecular complexity index is 632. The van der Waals surface area contributed by atoms with E-state index in [-0.39, 0.29) is 35.4 Å². The number of likely N-dealkylation sites (tertiary alicyclic amines) is 1. The van der Waals surface area contributed by atoms with E-state index in [2.05, 4.69) is 34.9 Å². The van der Waals surface area contributed by atoms with Crippen LogP contribution in [0.2, 0.25) is 0 Å². The zero-order valence-corrected chi connectivity index (χ0v) is 18.6. The van der Waals surface area contributed by atoms with Crippen molar-refractivity contribution < 1.29 is 13.2 Å². The molecule has 0 bridgehead atoms. The van der Waals surface area contributed by atoms with Crippen LogP contribution in [-0.2, 0) is 6.42 Å². The molecule has 2 fully saturated rings. The number of hydrogen-bond acceptors (Lipinski definition) is 2. The first-order valence-corrected chi connectivity index (χ1v) is 9.75. The molecule has 4 nitrogen and oxygen atoms in total. The van der Waals surface area contributed by atoms with Crippen molar-refractivity contribution in [1.29, 1.82) is 0 Å². The molecular formula is C20H30F3IN4. The average molecular weight is 510 g/mol. The van der Waals surface area contributed by atoms with E-state index in [1.165, 1.54) is 23.3 Å². The zero-order valence-electron chi connectivity index (χ0n) is 16.3. The summed E-state index contributed by atoms with van der Waals surface area (Å²) in [6.07, 6.45) is -0.0559. The third-order valence-electron chi connectivity index (χ3n) is 5.31. The predicted octanol–water partition coefficient (Wildman–Crippen LogP) is 3.82. The minimum atomic E-state index is -4.14. The van der Waals surface area contributed by atoms with Gasteiger partial charge in [0.2, 0.25) is 0 Å². The van der Waals surface area contributed by atoms with Crippen molar-refractivity contribution in [2.24, 2.45) is 10.4 Å². The van der Waals surface area contributed by atoms with Gasteiger partial charge in [0.15, 0.2) is 5.96 Å². The standard InChI is InChI=1S/C20H29F3N4.HI/c1-2-24-18(26-17-8-11-27(13-17)15-20(21,22)23)25-14-19(9-10-19)12-16-6-4-3-5-7-16;/h3-7,17H,2,8-15H2,1H3,(H2,24,25,26);1H. The van der Waals surface area contributed by atoms with Crippen LogP contribution in [0, 0.1) is 5.41 Å². The van der Waals surface area contributed by atoms with Crippen LogP contribution in [0.1, 0.15) is 31.7 Å². The van der Waals surface area contributed by atoms with Crippen LogP contribution in [0.4, 0.5) is 13.2 Å². The van der Waals surface area contributed by atoms with Crippen molar-refractivity contribution in [2.75, 3.05) is 32.7 Å². The van der Waals surface area contributed by atoms with Crippen molar-refractivity contribution >= 4 is 29.9 Å². The quantitative estimate of drug-likeness (QED) is 0.333. The number of aliphatic imine (C=N–C) groups is 1. The second kappa shape index (κ2) is 10.1. The summed E-state index contributed by atoms with van der Waals surface area (Å²) in [5, 5.41) is 6.56. The van der Waals surface area contributed by atoms with Gasteiger partial charge in [-0.2, -0.15) is 13.2 Å². The molecule has 2 N–H and O–H groups in total. The number of nitrogens with zero attached hydrogens (tertiary/aromatic N) is 2. The molecule has 8 heteroatoms. The molecule has 28 heavy (non-hydrogen) atoms. The van der Waals surface area contributed by atoms with E-state index in [1.54, 1.807) is 0 Å². The molecule has 1 aromatic carbocycles. The third-order valence-corrected chi connectivity index (χ3v) is 5.31. The first-order chi connectivity index (χ1) is 12.9. The smallest absolute Gasteiger partial charge is 0.357 e. The minimum Gasteiger partial charge on any atom is -0.357 e. The summed E-state index contributed by atoms with van der Waals surface area (Å²) in [7, 11) is 0. The Balaban J connectivity index is 0.00000280. The molecule has 1 heterocycles. The third kappa shape index (κ3) is 7.42. The van der Waals surface area contributed by atoms with Crippen LogP contribution in [0.5, 0.6) is 0 Å². The molecule has 0 radical (unpaired) electrons. The van der Waals surface area contributed by atoms with Crippen LogP contribution in [0.3, 0.4) is 0 Å². The zero-order chi connectivity index (χ0) is 19.3. The van der Waals surface area contributed by atoms with E-state index in [4.69, 9.17) is 4.99 Å². The van der Waals surface area contributed by atoms with Gasteiger partial charge < -0.3 is 10.6 Å². The lowest BCUT2D eigenvalue weighted by Gasteiger charge is -2.20. The Morgan fingerprint density at radius 1 is 1.25 bits per heavy atom. The number of halogens is 4. The molecule has 1 saturated heterocycles. The van der Waals surface area contributed by atoms with E-state index in [1.807, 2.05) is 13.0 Å². The lowest BCUT2D eigenvalue weighted by molar-refractivity contribution is -0.143. The van der Waals surface area contributed by atoms with Gasteiger partial charge >= 0.3 is 6.18 Å². The molecule has 1 aromatic rings. The van der Waals surface area contributed by atoms with Crippen LogP contribution in [-0.4, -0.2) is 55.8 Å². The van der Waals surface area contributed by atoms with E-state index >= 15 is 0 Å². The van der Waals surface area contributed by atoms with Gasteiger partial charge in [0.25, 0.3) is 0 Å². The largest absolute Gasteiger partial charge is 0.401 e. The predicted molar refractivity (Wildman–Crippen MR) is 117 cm³/mol. The number of alkyl halides is 3. The van der Waals surface area contributed by atoms with Gasteiger partial charge in [-0.3, -0.25) is 9.89 Å². The van der Waals surface area contributed by atoms with Crippen LogP contribution in [0.25, 0.3) is 0 Å². The Morgan fingerprint density at radius 2 is 1.96 bits per heavy atom. The monoisotopic (exact) mass is 510 g/mol. The van der Waals surface area contributed by atoms with Gasteiger partial charge in [-0.05, 0) is 43.6 Å². The van der Waals surface area contributed by atoms with Crippen molar-refractivity contribution in [3.63, 3.8) is 0 Å². The molecule has 158 valence electrons. The van der Waals surface area contributed by atoms with E-state index in [0.29, 0.717) is 19.5 Å². The van der Waals surface area contributed by atoms with E-state index in [9.17, 15) is 13.2 Å². The van der Waals surface area contributed by atoms with E-state index < -0.39 is 12.7 Å². The Labute approximate surface area is 182 Å². The topological polar surface area (TPSA) is 39.7 Å². The Hall–Kier alpha value is -1.03. The van der Waals surface area contributed by atoms with Gasteiger partial charge in [-0.25, -0.2) is 0 Å². The Morgan fingerprint density at radius 3 is 2.57 bits per heavy atom. The van der Waals surface area contributed by atoms with Crippen LogP contribution >= 0.6 is 24.0 Å². The second-order valence-corrected chi connectivity index (χ2v) is 7.84. The fourth-order valence-corrected chi connectivity index (χ4v) is 3.70. The summed E-state index contributed by atoms with van der Waals surface area (Å²) >= 11 is 0. The SMILES string of the molecule is CCNC(=NCC1(Cc2ccccc2)CC1)NC1CCN(CC(F)(F)F)C1.I. The molecule has 3 rings (SSSR count). The summed E-state index contributed by atoms with van der Waals surface area (Å²) in [5.74, 6) is 0.718. The van der Waals surface area contributed by atoms with Crippen molar-refractivity contribution in [2.45, 2.75) is 44.8 Å². The number of guanidine groups is 1. The fourth-order valence-electron chi connectivity index (χ4n) is 3.70. The summed E-state index contributed by atoms with van der Waals surface area (Å²) in [4.78, 5) is 6.22. The molecule has 1 unspecified atom stereocenters. The van der Waals surface area contributed by atoms with Gasteiger partial charge in [0, 0.05) is 32.2 Å². The maximum absolute atomic E-state index is 12.6. The van der Waals surface area contributed by atoms with Gasteiger partial charge in [0.05, 0.1) is 6.54 Å². The first kappa shape index (κ1) is 23.3. The van der Waals surface area contributed by atoms with Crippen LogP contribution in [0.15, 0.2) is 35.3 Å². The highest BCUT2D eigenvalue weighted by Gasteiger charge is 2.42. The number of hydrogen-bond donors (Lipinski definition) is 2. The maximum atomic E-state index is 12.6. The summed E-state index contributed by atoms with van der Waals surface area (Å²) in [6.45, 7) is 3.51. The minimum absolute atomic E-state index is 0.